The molecule has 1 aliphatic heterocycles. The normalized spacial score (nSPS) is 13.7. The Hall–Kier alpha value is -2.34. The first-order valence-corrected chi connectivity index (χ1v) is 9.84. The summed E-state index contributed by atoms with van der Waals surface area (Å²) >= 11 is 3.41. The van der Waals surface area contributed by atoms with E-state index < -0.39 is 0 Å². The van der Waals surface area contributed by atoms with Crippen LogP contribution < -0.4 is 14.8 Å². The van der Waals surface area contributed by atoms with E-state index in [0.717, 1.165) is 16.5 Å². The Morgan fingerprint density at radius 3 is 2.44 bits per heavy atom. The van der Waals surface area contributed by atoms with Crippen molar-refractivity contribution in [3.8, 4) is 11.5 Å². The zero-order valence-electron chi connectivity index (χ0n) is 15.2. The van der Waals surface area contributed by atoms with Gasteiger partial charge < -0.3 is 14.8 Å². The number of benzene rings is 2. The molecule has 0 saturated heterocycles. The van der Waals surface area contributed by atoms with Gasteiger partial charge in [-0.15, -0.1) is 0 Å². The molecule has 3 rings (SSSR count). The Labute approximate surface area is 167 Å². The van der Waals surface area contributed by atoms with Crippen LogP contribution in [0.15, 0.2) is 46.9 Å². The van der Waals surface area contributed by atoms with Gasteiger partial charge in [-0.05, 0) is 42.3 Å². The highest BCUT2D eigenvalue weighted by Crippen LogP contribution is 2.31. The van der Waals surface area contributed by atoms with Crippen LogP contribution >= 0.6 is 15.9 Å². The van der Waals surface area contributed by atoms with Crippen LogP contribution in [0, 0.1) is 0 Å². The first kappa shape index (κ1) is 19.4. The third kappa shape index (κ3) is 5.10. The lowest BCUT2D eigenvalue weighted by molar-refractivity contribution is -0.121. The molecule has 0 fully saturated rings. The molecule has 1 N–H and O–H groups in total. The molecular formula is C21H22BrNO4. The smallest absolute Gasteiger partial charge is 0.220 e. The largest absolute Gasteiger partial charge is 0.486 e. The predicted molar refractivity (Wildman–Crippen MR) is 106 cm³/mol. The zero-order chi connectivity index (χ0) is 19.2. The van der Waals surface area contributed by atoms with E-state index in [0.29, 0.717) is 30.3 Å². The number of ketones is 1. The summed E-state index contributed by atoms with van der Waals surface area (Å²) in [6.45, 7) is 3.01. The number of Topliss-reactive ketones (excluding diaryl/α,β-unsaturated/α-hetero) is 1. The van der Waals surface area contributed by atoms with Crippen molar-refractivity contribution in [2.75, 3.05) is 13.2 Å². The van der Waals surface area contributed by atoms with Gasteiger partial charge in [0.15, 0.2) is 17.3 Å². The Bertz CT molecular complexity index is 819. The summed E-state index contributed by atoms with van der Waals surface area (Å²) in [5.74, 6) is 1.02. The summed E-state index contributed by atoms with van der Waals surface area (Å²) in [5.41, 5.74) is 1.58. The maximum absolute atomic E-state index is 12.4. The lowest BCUT2D eigenvalue weighted by Crippen LogP contribution is -2.28. The molecule has 1 aliphatic rings. The van der Waals surface area contributed by atoms with Gasteiger partial charge in [0.2, 0.25) is 5.91 Å². The number of fused-ring (bicyclic) bond motifs is 1. The van der Waals surface area contributed by atoms with E-state index in [1.807, 2.05) is 31.2 Å². The fourth-order valence-electron chi connectivity index (χ4n) is 2.97. The molecule has 2 aromatic rings. The molecule has 1 heterocycles. The van der Waals surface area contributed by atoms with Crippen molar-refractivity contribution in [1.29, 1.82) is 0 Å². The topological polar surface area (TPSA) is 64.6 Å². The van der Waals surface area contributed by atoms with E-state index in [4.69, 9.17) is 9.47 Å². The van der Waals surface area contributed by atoms with Crippen LogP contribution in [0.3, 0.4) is 0 Å². The number of hydrogen-bond donors (Lipinski definition) is 1. The van der Waals surface area contributed by atoms with Crippen LogP contribution in [0.2, 0.25) is 0 Å². The van der Waals surface area contributed by atoms with Crippen molar-refractivity contribution in [2.45, 2.75) is 32.2 Å². The number of carbonyl (C=O) groups is 2. The number of nitrogens with one attached hydrogen (secondary N) is 1. The van der Waals surface area contributed by atoms with Crippen LogP contribution in [0.4, 0.5) is 0 Å². The maximum Gasteiger partial charge on any atom is 0.220 e. The van der Waals surface area contributed by atoms with Crippen LogP contribution in [-0.2, 0) is 4.79 Å². The molecule has 1 amide bonds. The molecule has 0 spiro atoms. The molecule has 0 bridgehead atoms. The minimum Gasteiger partial charge on any atom is -0.486 e. The predicted octanol–water partition coefficient (Wildman–Crippen LogP) is 4.45. The van der Waals surface area contributed by atoms with Crippen LogP contribution in [0.25, 0.3) is 0 Å². The van der Waals surface area contributed by atoms with Crippen molar-refractivity contribution in [3.63, 3.8) is 0 Å². The molecule has 0 aliphatic carbocycles. The second-order valence-corrected chi connectivity index (χ2v) is 7.28. The van der Waals surface area contributed by atoms with Crippen molar-refractivity contribution in [3.05, 3.63) is 58.1 Å². The number of hydrogen-bond acceptors (Lipinski definition) is 4. The highest BCUT2D eigenvalue weighted by molar-refractivity contribution is 9.10. The fraction of sp³-hybridized carbons (Fsp3) is 0.333. The summed E-state index contributed by atoms with van der Waals surface area (Å²) in [4.78, 5) is 24.7. The monoisotopic (exact) mass is 431 g/mol. The molecule has 0 aromatic heterocycles. The average molecular weight is 432 g/mol. The first-order chi connectivity index (χ1) is 13.1. The standard InChI is InChI=1S/C21H22BrNO4/c1-2-17(14-3-6-16(22)7-4-14)23-21(25)10-8-18(24)15-5-9-19-20(13-15)27-12-11-26-19/h3-7,9,13,17H,2,8,10-12H2,1H3,(H,23,25). The highest BCUT2D eigenvalue weighted by atomic mass is 79.9. The fourth-order valence-corrected chi connectivity index (χ4v) is 3.24. The van der Waals surface area contributed by atoms with Gasteiger partial charge in [-0.3, -0.25) is 9.59 Å². The van der Waals surface area contributed by atoms with Crippen LogP contribution in [-0.4, -0.2) is 24.9 Å². The minimum atomic E-state index is -0.129. The Kier molecular flexibility index (Phi) is 6.50. The quantitative estimate of drug-likeness (QED) is 0.657. The molecule has 5 nitrogen and oxygen atoms in total. The third-order valence-corrected chi connectivity index (χ3v) is 4.99. The Morgan fingerprint density at radius 1 is 1.04 bits per heavy atom. The number of halogens is 1. The summed E-state index contributed by atoms with van der Waals surface area (Å²) in [6, 6.07) is 13.0. The number of ether oxygens (including phenoxy) is 2. The molecule has 2 aromatic carbocycles. The van der Waals surface area contributed by atoms with E-state index >= 15 is 0 Å². The highest BCUT2D eigenvalue weighted by Gasteiger charge is 2.17. The van der Waals surface area contributed by atoms with Crippen molar-refractivity contribution < 1.29 is 19.1 Å². The average Bonchev–Trinajstić information content (AvgIpc) is 2.70. The van der Waals surface area contributed by atoms with Gasteiger partial charge in [0.05, 0.1) is 6.04 Å². The molecule has 6 heteroatoms. The van der Waals surface area contributed by atoms with E-state index in [2.05, 4.69) is 21.2 Å². The van der Waals surface area contributed by atoms with Gasteiger partial charge in [-0.1, -0.05) is 35.0 Å². The lowest BCUT2D eigenvalue weighted by Gasteiger charge is -2.19. The summed E-state index contributed by atoms with van der Waals surface area (Å²) in [7, 11) is 0. The van der Waals surface area contributed by atoms with E-state index in [9.17, 15) is 9.59 Å². The van der Waals surface area contributed by atoms with Gasteiger partial charge in [0.1, 0.15) is 13.2 Å². The number of amides is 1. The van der Waals surface area contributed by atoms with Gasteiger partial charge in [0, 0.05) is 22.9 Å². The summed E-state index contributed by atoms with van der Waals surface area (Å²) < 4.78 is 12.0. The second-order valence-electron chi connectivity index (χ2n) is 6.36. The molecule has 1 atom stereocenters. The van der Waals surface area contributed by atoms with E-state index in [-0.39, 0.29) is 30.6 Å². The van der Waals surface area contributed by atoms with Gasteiger partial charge in [-0.25, -0.2) is 0 Å². The van der Waals surface area contributed by atoms with Crippen molar-refractivity contribution in [2.24, 2.45) is 0 Å². The molecule has 0 radical (unpaired) electrons. The van der Waals surface area contributed by atoms with Gasteiger partial charge in [-0.2, -0.15) is 0 Å². The number of rotatable bonds is 7. The zero-order valence-corrected chi connectivity index (χ0v) is 16.8. The van der Waals surface area contributed by atoms with Gasteiger partial charge in [0.25, 0.3) is 0 Å². The van der Waals surface area contributed by atoms with Crippen LogP contribution in [0.5, 0.6) is 11.5 Å². The van der Waals surface area contributed by atoms with Crippen molar-refractivity contribution >= 4 is 27.6 Å². The molecule has 1 unspecified atom stereocenters. The molecule has 27 heavy (non-hydrogen) atoms. The van der Waals surface area contributed by atoms with Crippen molar-refractivity contribution in [1.82, 2.24) is 5.32 Å². The van der Waals surface area contributed by atoms with E-state index in [1.165, 1.54) is 0 Å². The molecule has 0 saturated carbocycles. The Balaban J connectivity index is 1.55. The maximum atomic E-state index is 12.4. The number of carbonyl (C=O) groups excluding carboxylic acids is 2. The van der Waals surface area contributed by atoms with Crippen LogP contribution in [0.1, 0.15) is 48.1 Å². The van der Waals surface area contributed by atoms with E-state index in [1.54, 1.807) is 18.2 Å². The van der Waals surface area contributed by atoms with Gasteiger partial charge >= 0.3 is 0 Å². The third-order valence-electron chi connectivity index (χ3n) is 4.46. The Morgan fingerprint density at radius 2 is 1.74 bits per heavy atom. The lowest BCUT2D eigenvalue weighted by atomic mass is 10.0. The summed E-state index contributed by atoms with van der Waals surface area (Å²) in [6.07, 6.45) is 1.09. The molecule has 142 valence electrons. The second kappa shape index (κ2) is 9.04. The molecular weight excluding hydrogens is 410 g/mol. The first-order valence-electron chi connectivity index (χ1n) is 9.04. The minimum absolute atomic E-state index is 0.0602. The summed E-state index contributed by atoms with van der Waals surface area (Å²) in [5, 5.41) is 3.01. The SMILES string of the molecule is CCC(NC(=O)CCC(=O)c1ccc2c(c1)OCCO2)c1ccc(Br)cc1.